The van der Waals surface area contributed by atoms with Crippen LogP contribution in [0.25, 0.3) is 0 Å². The van der Waals surface area contributed by atoms with Crippen LogP contribution in [0.3, 0.4) is 0 Å². The molecule has 0 aliphatic heterocycles. The molecule has 1 aromatic rings. The fraction of sp³-hybridized carbons (Fsp3) is 0.737. The van der Waals surface area contributed by atoms with Crippen LogP contribution in [0.5, 0.6) is 0 Å². The van der Waals surface area contributed by atoms with Gasteiger partial charge in [0.25, 0.3) is 0 Å². The van der Waals surface area contributed by atoms with Gasteiger partial charge >= 0.3 is 18.2 Å². The molecule has 1 rings (SSSR count). The van der Waals surface area contributed by atoms with Crippen LogP contribution < -0.4 is 10.6 Å². The normalized spacial score (nSPS) is 11.4. The molecule has 166 valence electrons. The Morgan fingerprint density at radius 3 is 1.93 bits per heavy atom. The van der Waals surface area contributed by atoms with Crippen LogP contribution in [-0.2, 0) is 11.0 Å². The SMILES string of the molecule is O=C(O)CCCCCCCCCCCCCNC(=O)Nc1ncc(C(F)(F)F)[nH]1. The van der Waals surface area contributed by atoms with Crippen LogP contribution in [0.2, 0.25) is 0 Å². The number of nitrogens with zero attached hydrogens (tertiary/aromatic N) is 1. The molecule has 2 amide bonds. The third kappa shape index (κ3) is 12.7. The van der Waals surface area contributed by atoms with Gasteiger partial charge in [0.1, 0.15) is 5.69 Å². The quantitative estimate of drug-likeness (QED) is 0.288. The summed E-state index contributed by atoms with van der Waals surface area (Å²) in [5.74, 6) is -0.963. The molecule has 4 N–H and O–H groups in total. The molecule has 1 aromatic heterocycles. The van der Waals surface area contributed by atoms with Crippen molar-refractivity contribution in [3.63, 3.8) is 0 Å². The summed E-state index contributed by atoms with van der Waals surface area (Å²) in [7, 11) is 0. The highest BCUT2D eigenvalue weighted by Gasteiger charge is 2.33. The van der Waals surface area contributed by atoms with Gasteiger partial charge < -0.3 is 15.4 Å². The molecule has 29 heavy (non-hydrogen) atoms. The van der Waals surface area contributed by atoms with E-state index in [2.05, 4.69) is 15.6 Å². The van der Waals surface area contributed by atoms with E-state index in [1.54, 1.807) is 0 Å². The standard InChI is InChI=1S/C19H31F3N4O3/c20-19(21,22)15-14-24-17(25-15)26-18(29)23-13-11-9-7-5-3-1-2-4-6-8-10-12-16(27)28/h14H,1-13H2,(H,27,28)(H3,23,24,25,26,29). The van der Waals surface area contributed by atoms with E-state index >= 15 is 0 Å². The zero-order chi connectivity index (χ0) is 21.5. The van der Waals surface area contributed by atoms with E-state index in [1.165, 1.54) is 19.3 Å². The molecule has 0 aliphatic rings. The molecule has 0 saturated carbocycles. The van der Waals surface area contributed by atoms with Gasteiger partial charge in [-0.25, -0.2) is 9.78 Å². The fourth-order valence-electron chi connectivity index (χ4n) is 2.87. The van der Waals surface area contributed by atoms with Gasteiger partial charge in [-0.3, -0.25) is 10.1 Å². The van der Waals surface area contributed by atoms with E-state index in [-0.39, 0.29) is 12.4 Å². The molecule has 0 saturated heterocycles. The Morgan fingerprint density at radius 2 is 1.45 bits per heavy atom. The molecule has 0 bridgehead atoms. The molecular weight excluding hydrogens is 389 g/mol. The Kier molecular flexibility index (Phi) is 11.8. The number of imidazole rings is 1. The van der Waals surface area contributed by atoms with Crippen LogP contribution in [0.1, 0.15) is 82.7 Å². The van der Waals surface area contributed by atoms with Gasteiger partial charge in [0, 0.05) is 13.0 Å². The smallest absolute Gasteiger partial charge is 0.432 e. The number of H-pyrrole nitrogens is 1. The van der Waals surface area contributed by atoms with Crippen LogP contribution in [-0.4, -0.2) is 33.6 Å². The van der Waals surface area contributed by atoms with Crippen molar-refractivity contribution in [2.45, 2.75) is 83.2 Å². The number of urea groups is 1. The average Bonchev–Trinajstić information content (AvgIpc) is 3.10. The topological polar surface area (TPSA) is 107 Å². The average molecular weight is 420 g/mol. The number of anilines is 1. The molecule has 7 nitrogen and oxygen atoms in total. The predicted molar refractivity (Wildman–Crippen MR) is 104 cm³/mol. The second-order valence-electron chi connectivity index (χ2n) is 7.06. The van der Waals surface area contributed by atoms with E-state index < -0.39 is 23.9 Å². The summed E-state index contributed by atoms with van der Waals surface area (Å²) in [6, 6.07) is -0.587. The number of carbonyl (C=O) groups is 2. The lowest BCUT2D eigenvalue weighted by Crippen LogP contribution is -2.30. The predicted octanol–water partition coefficient (Wildman–Crippen LogP) is 5.32. The zero-order valence-corrected chi connectivity index (χ0v) is 16.6. The molecule has 0 unspecified atom stereocenters. The number of alkyl halides is 3. The van der Waals surface area contributed by atoms with E-state index in [0.717, 1.165) is 51.4 Å². The van der Waals surface area contributed by atoms with Crippen LogP contribution in [0.4, 0.5) is 23.9 Å². The second-order valence-corrected chi connectivity index (χ2v) is 7.06. The number of hydrogen-bond donors (Lipinski definition) is 4. The lowest BCUT2D eigenvalue weighted by molar-refractivity contribution is -0.141. The summed E-state index contributed by atoms with van der Waals surface area (Å²) >= 11 is 0. The number of nitrogens with one attached hydrogen (secondary N) is 3. The summed E-state index contributed by atoms with van der Waals surface area (Å²) in [5.41, 5.74) is -1.01. The van der Waals surface area contributed by atoms with Crippen LogP contribution in [0, 0.1) is 0 Å². The summed E-state index contributed by atoms with van der Waals surface area (Å²) in [6.07, 6.45) is 7.90. The van der Waals surface area contributed by atoms with Gasteiger partial charge in [0.15, 0.2) is 0 Å². The molecule has 10 heteroatoms. The lowest BCUT2D eigenvalue weighted by atomic mass is 10.1. The fourth-order valence-corrected chi connectivity index (χ4v) is 2.87. The number of aromatic nitrogens is 2. The zero-order valence-electron chi connectivity index (χ0n) is 16.6. The molecule has 0 radical (unpaired) electrons. The van der Waals surface area contributed by atoms with E-state index in [9.17, 15) is 22.8 Å². The molecule has 0 spiro atoms. The maximum atomic E-state index is 12.4. The molecule has 0 aliphatic carbocycles. The summed E-state index contributed by atoms with van der Waals surface area (Å²) < 4.78 is 37.3. The lowest BCUT2D eigenvalue weighted by Gasteiger charge is -2.06. The molecular formula is C19H31F3N4O3. The number of hydrogen-bond acceptors (Lipinski definition) is 3. The Balaban J connectivity index is 1.90. The number of amides is 2. The Labute approximate surface area is 168 Å². The number of carboxylic acid groups (broad SMARTS) is 1. The van der Waals surface area contributed by atoms with Crippen molar-refractivity contribution >= 4 is 17.9 Å². The number of halogens is 3. The number of aliphatic carboxylic acids is 1. The monoisotopic (exact) mass is 420 g/mol. The highest BCUT2D eigenvalue weighted by molar-refractivity contribution is 5.87. The first-order valence-electron chi connectivity index (χ1n) is 10.2. The van der Waals surface area contributed by atoms with Crippen molar-refractivity contribution in [1.82, 2.24) is 15.3 Å². The number of carboxylic acids is 1. The Morgan fingerprint density at radius 1 is 0.931 bits per heavy atom. The van der Waals surface area contributed by atoms with Crippen LogP contribution >= 0.6 is 0 Å². The maximum Gasteiger partial charge on any atom is 0.432 e. The third-order valence-corrected chi connectivity index (χ3v) is 4.47. The van der Waals surface area contributed by atoms with Gasteiger partial charge in [-0.1, -0.05) is 57.8 Å². The molecule has 0 fully saturated rings. The number of carbonyl (C=O) groups excluding carboxylic acids is 1. The van der Waals surface area contributed by atoms with E-state index in [4.69, 9.17) is 5.11 Å². The number of rotatable bonds is 15. The highest BCUT2D eigenvalue weighted by Crippen LogP contribution is 2.27. The first kappa shape index (κ1) is 24.8. The minimum atomic E-state index is -4.52. The van der Waals surface area contributed by atoms with E-state index in [0.29, 0.717) is 12.7 Å². The largest absolute Gasteiger partial charge is 0.481 e. The minimum Gasteiger partial charge on any atom is -0.481 e. The number of aromatic amines is 1. The van der Waals surface area contributed by atoms with Crippen molar-refractivity contribution in [1.29, 1.82) is 0 Å². The van der Waals surface area contributed by atoms with E-state index in [1.807, 2.05) is 4.98 Å². The first-order chi connectivity index (χ1) is 13.8. The van der Waals surface area contributed by atoms with Crippen molar-refractivity contribution in [2.24, 2.45) is 0 Å². The van der Waals surface area contributed by atoms with Crippen molar-refractivity contribution < 1.29 is 27.9 Å². The maximum absolute atomic E-state index is 12.4. The van der Waals surface area contributed by atoms with Crippen molar-refractivity contribution in [2.75, 3.05) is 11.9 Å². The van der Waals surface area contributed by atoms with Crippen molar-refractivity contribution in [3.8, 4) is 0 Å². The van der Waals surface area contributed by atoms with Gasteiger partial charge in [-0.2, -0.15) is 13.2 Å². The molecule has 1 heterocycles. The number of unbranched alkanes of at least 4 members (excludes halogenated alkanes) is 10. The van der Waals surface area contributed by atoms with Crippen LogP contribution in [0.15, 0.2) is 6.20 Å². The van der Waals surface area contributed by atoms with Gasteiger partial charge in [-0.05, 0) is 12.8 Å². The minimum absolute atomic E-state index is 0.239. The first-order valence-corrected chi connectivity index (χ1v) is 10.2. The van der Waals surface area contributed by atoms with Gasteiger partial charge in [0.05, 0.1) is 6.20 Å². The van der Waals surface area contributed by atoms with Crippen molar-refractivity contribution in [3.05, 3.63) is 11.9 Å². The third-order valence-electron chi connectivity index (χ3n) is 4.47. The summed E-state index contributed by atoms with van der Waals surface area (Å²) in [4.78, 5) is 27.5. The molecule has 0 aromatic carbocycles. The second kappa shape index (κ2) is 13.8. The summed E-state index contributed by atoms with van der Waals surface area (Å²) in [6.45, 7) is 0.453. The summed E-state index contributed by atoms with van der Waals surface area (Å²) in [5, 5.41) is 13.4. The highest BCUT2D eigenvalue weighted by atomic mass is 19.4. The Hall–Kier alpha value is -2.26. The molecule has 0 atom stereocenters. The van der Waals surface area contributed by atoms with Gasteiger partial charge in [-0.15, -0.1) is 0 Å². The van der Waals surface area contributed by atoms with Gasteiger partial charge in [0.2, 0.25) is 5.95 Å². The Bertz CT molecular complexity index is 606.